The zero-order chi connectivity index (χ0) is 19.8. The van der Waals surface area contributed by atoms with Gasteiger partial charge in [0.25, 0.3) is 0 Å². The van der Waals surface area contributed by atoms with Gasteiger partial charge in [0, 0.05) is 5.56 Å². The van der Waals surface area contributed by atoms with Crippen LogP contribution >= 0.6 is 0 Å². The molecule has 6 N–H and O–H groups in total. The Balaban J connectivity index is 1.93. The van der Waals surface area contributed by atoms with E-state index in [1.165, 1.54) is 12.1 Å². The molecule has 144 valence electrons. The van der Waals surface area contributed by atoms with Crippen LogP contribution in [0.4, 0.5) is 5.69 Å². The summed E-state index contributed by atoms with van der Waals surface area (Å²) in [5.41, 5.74) is 3.39. The third-order valence-corrected chi connectivity index (χ3v) is 3.89. The van der Waals surface area contributed by atoms with E-state index < -0.39 is 36.3 Å². The molecule has 0 aliphatic carbocycles. The molecule has 5 atom stereocenters. The van der Waals surface area contributed by atoms with Crippen LogP contribution < -0.4 is 5.43 Å². The molecule has 8 nitrogen and oxygen atoms in total. The van der Waals surface area contributed by atoms with E-state index in [0.717, 1.165) is 6.21 Å². The molecule has 2 aromatic rings. The molecule has 0 aliphatic rings. The molecule has 0 amide bonds. The molecular formula is C19H22N2O6. The number of aliphatic hydroxyl groups is 5. The molecule has 0 saturated carbocycles. The van der Waals surface area contributed by atoms with Crippen molar-refractivity contribution < 1.29 is 30.3 Å². The summed E-state index contributed by atoms with van der Waals surface area (Å²) < 4.78 is 0. The van der Waals surface area contributed by atoms with Gasteiger partial charge in [-0.1, -0.05) is 48.5 Å². The van der Waals surface area contributed by atoms with Gasteiger partial charge in [0.1, 0.15) is 30.5 Å². The number of anilines is 1. The van der Waals surface area contributed by atoms with Gasteiger partial charge in [0.05, 0.1) is 11.9 Å². The summed E-state index contributed by atoms with van der Waals surface area (Å²) in [4.78, 5) is 12.1. The number of Topliss-reactive ketones (excluding diaryl/α,β-unsaturated/α-hetero) is 1. The molecule has 2 aromatic carbocycles. The number of rotatable bonds is 9. The minimum absolute atomic E-state index is 0.139. The molecule has 0 bridgehead atoms. The molecule has 0 heterocycles. The number of carbonyl (C=O) groups is 1. The Bertz CT molecular complexity index is 740. The lowest BCUT2D eigenvalue weighted by Crippen LogP contribution is -2.51. The summed E-state index contributed by atoms with van der Waals surface area (Å²) in [5.74, 6) is -0.816. The summed E-state index contributed by atoms with van der Waals surface area (Å²) >= 11 is 0. The Morgan fingerprint density at radius 2 is 1.37 bits per heavy atom. The van der Waals surface area contributed by atoms with E-state index in [1.54, 1.807) is 42.5 Å². The van der Waals surface area contributed by atoms with Crippen molar-refractivity contribution in [2.45, 2.75) is 30.5 Å². The SMILES string of the molecule is O=C(c1ccccc1)C(O)[C@@H](O)[C@@H](O)[C@H](O)[C@@H](O)C=NNc1ccccc1. The summed E-state index contributed by atoms with van der Waals surface area (Å²) in [6.45, 7) is 0. The molecule has 0 saturated heterocycles. The maximum Gasteiger partial charge on any atom is 0.194 e. The average molecular weight is 374 g/mol. The molecule has 2 rings (SSSR count). The van der Waals surface area contributed by atoms with E-state index in [2.05, 4.69) is 10.5 Å². The van der Waals surface area contributed by atoms with Crippen molar-refractivity contribution in [3.05, 3.63) is 66.2 Å². The first kappa shape index (κ1) is 20.7. The van der Waals surface area contributed by atoms with Gasteiger partial charge in [-0.05, 0) is 12.1 Å². The van der Waals surface area contributed by atoms with Crippen LogP contribution in [0.2, 0.25) is 0 Å². The third kappa shape index (κ3) is 5.68. The Hall–Kier alpha value is -2.62. The fourth-order valence-corrected chi connectivity index (χ4v) is 2.31. The third-order valence-electron chi connectivity index (χ3n) is 3.89. The van der Waals surface area contributed by atoms with Crippen molar-refractivity contribution in [3.63, 3.8) is 0 Å². The lowest BCUT2D eigenvalue weighted by molar-refractivity contribution is -0.114. The summed E-state index contributed by atoms with van der Waals surface area (Å²) in [7, 11) is 0. The summed E-state index contributed by atoms with van der Waals surface area (Å²) in [5, 5.41) is 53.5. The fourth-order valence-electron chi connectivity index (χ4n) is 2.31. The Labute approximate surface area is 156 Å². The number of ketones is 1. The van der Waals surface area contributed by atoms with E-state index >= 15 is 0 Å². The van der Waals surface area contributed by atoms with Crippen molar-refractivity contribution in [2.75, 3.05) is 5.43 Å². The Kier molecular flexibility index (Phi) is 7.59. The molecule has 0 fully saturated rings. The maximum absolute atomic E-state index is 12.1. The smallest absolute Gasteiger partial charge is 0.194 e. The summed E-state index contributed by atoms with van der Waals surface area (Å²) in [6, 6.07) is 16.5. The maximum atomic E-state index is 12.1. The van der Waals surface area contributed by atoms with Gasteiger partial charge in [0.2, 0.25) is 0 Å². The summed E-state index contributed by atoms with van der Waals surface area (Å²) in [6.07, 6.45) is -8.55. The largest absolute Gasteiger partial charge is 0.387 e. The second kappa shape index (κ2) is 9.91. The lowest BCUT2D eigenvalue weighted by Gasteiger charge is -2.27. The van der Waals surface area contributed by atoms with Crippen LogP contribution in [-0.2, 0) is 0 Å². The number of hydrogen-bond acceptors (Lipinski definition) is 8. The van der Waals surface area contributed by atoms with E-state index in [-0.39, 0.29) is 5.56 Å². The van der Waals surface area contributed by atoms with Gasteiger partial charge in [-0.25, -0.2) is 0 Å². The molecule has 0 radical (unpaired) electrons. The predicted octanol–water partition coefficient (Wildman–Crippen LogP) is -0.228. The Morgan fingerprint density at radius 1 is 0.815 bits per heavy atom. The highest BCUT2D eigenvalue weighted by molar-refractivity contribution is 5.99. The first-order chi connectivity index (χ1) is 12.9. The van der Waals surface area contributed by atoms with Crippen LogP contribution in [0.1, 0.15) is 10.4 Å². The van der Waals surface area contributed by atoms with Crippen LogP contribution in [0.5, 0.6) is 0 Å². The molecule has 27 heavy (non-hydrogen) atoms. The number of para-hydroxylation sites is 1. The average Bonchev–Trinajstić information content (AvgIpc) is 2.72. The second-order valence-corrected chi connectivity index (χ2v) is 5.89. The molecular weight excluding hydrogens is 352 g/mol. The van der Waals surface area contributed by atoms with Gasteiger partial charge in [0.15, 0.2) is 5.78 Å². The van der Waals surface area contributed by atoms with Gasteiger partial charge in [-0.15, -0.1) is 0 Å². The van der Waals surface area contributed by atoms with Crippen LogP contribution in [0, 0.1) is 0 Å². The monoisotopic (exact) mass is 374 g/mol. The van der Waals surface area contributed by atoms with Crippen LogP contribution in [0.3, 0.4) is 0 Å². The number of benzene rings is 2. The molecule has 0 aliphatic heterocycles. The first-order valence-electron chi connectivity index (χ1n) is 8.25. The van der Waals surface area contributed by atoms with Crippen LogP contribution in [0.15, 0.2) is 65.8 Å². The number of aliphatic hydroxyl groups excluding tert-OH is 5. The Morgan fingerprint density at radius 3 is 1.96 bits per heavy atom. The van der Waals surface area contributed by atoms with Gasteiger partial charge >= 0.3 is 0 Å². The van der Waals surface area contributed by atoms with Crippen molar-refractivity contribution >= 4 is 17.7 Å². The number of carbonyl (C=O) groups excluding carboxylic acids is 1. The van der Waals surface area contributed by atoms with Crippen LogP contribution in [-0.4, -0.2) is 68.1 Å². The van der Waals surface area contributed by atoms with E-state index in [4.69, 9.17) is 0 Å². The van der Waals surface area contributed by atoms with Gasteiger partial charge in [-0.3, -0.25) is 10.2 Å². The fraction of sp³-hybridized carbons (Fsp3) is 0.263. The zero-order valence-corrected chi connectivity index (χ0v) is 14.3. The second-order valence-electron chi connectivity index (χ2n) is 5.89. The van der Waals surface area contributed by atoms with E-state index in [9.17, 15) is 30.3 Å². The minimum Gasteiger partial charge on any atom is -0.387 e. The number of nitrogens with one attached hydrogen (secondary N) is 1. The van der Waals surface area contributed by atoms with Crippen molar-refractivity contribution in [2.24, 2.45) is 5.10 Å². The quantitative estimate of drug-likeness (QED) is 0.202. The van der Waals surface area contributed by atoms with E-state index in [1.807, 2.05) is 6.07 Å². The number of hydrazone groups is 1. The predicted molar refractivity (Wildman–Crippen MR) is 99.4 cm³/mol. The lowest BCUT2D eigenvalue weighted by atomic mass is 9.95. The highest BCUT2D eigenvalue weighted by Gasteiger charge is 2.37. The van der Waals surface area contributed by atoms with Crippen molar-refractivity contribution in [1.82, 2.24) is 0 Å². The van der Waals surface area contributed by atoms with Gasteiger partial charge < -0.3 is 25.5 Å². The van der Waals surface area contributed by atoms with Crippen molar-refractivity contribution in [1.29, 1.82) is 0 Å². The zero-order valence-electron chi connectivity index (χ0n) is 14.3. The number of nitrogens with zero attached hydrogens (tertiary/aromatic N) is 1. The molecule has 1 unspecified atom stereocenters. The standard InChI is InChI=1S/C19H22N2O6/c22-14(11-20-21-13-9-5-2-6-10-13)16(24)18(26)19(27)17(25)15(23)12-7-3-1-4-8-12/h1-11,14,16-19,21-22,24-27H/t14-,16+,17?,18-,19+/m0/s1. The number of hydrogen-bond donors (Lipinski definition) is 6. The van der Waals surface area contributed by atoms with Crippen molar-refractivity contribution in [3.8, 4) is 0 Å². The molecule has 0 spiro atoms. The first-order valence-corrected chi connectivity index (χ1v) is 8.25. The topological polar surface area (TPSA) is 143 Å². The van der Waals surface area contributed by atoms with E-state index in [0.29, 0.717) is 5.69 Å². The van der Waals surface area contributed by atoms with Crippen LogP contribution in [0.25, 0.3) is 0 Å². The molecule has 0 aromatic heterocycles. The highest BCUT2D eigenvalue weighted by Crippen LogP contribution is 2.13. The van der Waals surface area contributed by atoms with Gasteiger partial charge in [-0.2, -0.15) is 5.10 Å². The highest BCUT2D eigenvalue weighted by atomic mass is 16.4. The minimum atomic E-state index is -2.00. The normalized spacial score (nSPS) is 17.1. The molecule has 8 heteroatoms.